The molecule has 1 amide bonds. The van der Waals surface area contributed by atoms with E-state index in [-0.39, 0.29) is 28.7 Å². The van der Waals surface area contributed by atoms with Crippen LogP contribution in [0.3, 0.4) is 0 Å². The number of hydrogen-bond acceptors (Lipinski definition) is 8. The van der Waals surface area contributed by atoms with Gasteiger partial charge in [-0.1, -0.05) is 40.8 Å². The topological polar surface area (TPSA) is 92.3 Å². The number of nitrogens with zero attached hydrogens (tertiary/aromatic N) is 3. The van der Waals surface area contributed by atoms with E-state index < -0.39 is 9.84 Å². The Morgan fingerprint density at radius 2 is 2.18 bits per heavy atom. The van der Waals surface area contributed by atoms with Crippen LogP contribution < -0.4 is 5.32 Å². The molecule has 11 heteroatoms. The van der Waals surface area contributed by atoms with Crippen molar-refractivity contribution in [2.45, 2.75) is 35.9 Å². The number of aryl methyl sites for hydroxylation is 1. The van der Waals surface area contributed by atoms with Crippen molar-refractivity contribution in [2.24, 2.45) is 0 Å². The van der Waals surface area contributed by atoms with E-state index in [1.807, 2.05) is 25.1 Å². The maximum Gasteiger partial charge on any atom is 0.235 e. The van der Waals surface area contributed by atoms with Gasteiger partial charge in [0.1, 0.15) is 0 Å². The zero-order valence-electron chi connectivity index (χ0n) is 15.7. The molecular formula is C17H21ClN4O3S3. The summed E-state index contributed by atoms with van der Waals surface area (Å²) in [6.45, 7) is 3.73. The van der Waals surface area contributed by atoms with Crippen molar-refractivity contribution < 1.29 is 13.2 Å². The first kappa shape index (κ1) is 21.4. The fourth-order valence-electron chi connectivity index (χ4n) is 2.85. The average Bonchev–Trinajstić information content (AvgIpc) is 3.22. The number of carbonyl (C=O) groups is 1. The maximum absolute atomic E-state index is 12.6. The molecule has 1 fully saturated rings. The second-order valence-electron chi connectivity index (χ2n) is 6.73. The highest BCUT2D eigenvalue weighted by molar-refractivity contribution is 8.02. The minimum Gasteiger partial charge on any atom is -0.341 e. The smallest absolute Gasteiger partial charge is 0.235 e. The first-order valence-corrected chi connectivity index (χ1v) is 12.5. The number of carbonyl (C=O) groups excluding carboxylic acids is 1. The summed E-state index contributed by atoms with van der Waals surface area (Å²) < 4.78 is 24.0. The second-order valence-corrected chi connectivity index (χ2v) is 11.9. The van der Waals surface area contributed by atoms with Crippen LogP contribution in [0.25, 0.3) is 0 Å². The fourth-order valence-corrected chi connectivity index (χ4v) is 6.82. The van der Waals surface area contributed by atoms with Gasteiger partial charge < -0.3 is 10.2 Å². The number of amides is 1. The molecule has 3 rings (SSSR count). The molecule has 0 saturated carbocycles. The summed E-state index contributed by atoms with van der Waals surface area (Å²) in [4.78, 5) is 14.2. The summed E-state index contributed by atoms with van der Waals surface area (Å²) in [5, 5.41) is 12.3. The van der Waals surface area contributed by atoms with Gasteiger partial charge in [0.2, 0.25) is 11.0 Å². The summed E-state index contributed by atoms with van der Waals surface area (Å²) in [6.07, 6.45) is 0.494. The van der Waals surface area contributed by atoms with Crippen LogP contribution >= 0.6 is 34.7 Å². The van der Waals surface area contributed by atoms with Gasteiger partial charge in [-0.2, -0.15) is 0 Å². The quantitative estimate of drug-likeness (QED) is 0.660. The van der Waals surface area contributed by atoms with Crippen molar-refractivity contribution in [1.82, 2.24) is 15.1 Å². The molecule has 1 N–H and O–H groups in total. The maximum atomic E-state index is 12.6. The second kappa shape index (κ2) is 8.56. The van der Waals surface area contributed by atoms with E-state index in [1.54, 1.807) is 18.9 Å². The molecule has 2 heterocycles. The van der Waals surface area contributed by atoms with Crippen LogP contribution in [-0.2, 0) is 14.6 Å². The Morgan fingerprint density at radius 1 is 1.43 bits per heavy atom. The third-order valence-electron chi connectivity index (χ3n) is 4.56. The summed E-state index contributed by atoms with van der Waals surface area (Å²) in [6, 6.07) is 5.40. The minimum absolute atomic E-state index is 0.0403. The molecule has 1 aliphatic rings. The third kappa shape index (κ3) is 5.16. The number of nitrogens with one attached hydrogen (secondary N) is 1. The zero-order chi connectivity index (χ0) is 20.5. The Hall–Kier alpha value is -1.36. The monoisotopic (exact) mass is 460 g/mol. The van der Waals surface area contributed by atoms with Gasteiger partial charge in [0.15, 0.2) is 14.2 Å². The van der Waals surface area contributed by atoms with Crippen molar-refractivity contribution in [3.05, 3.63) is 28.8 Å². The molecule has 7 nitrogen and oxygen atoms in total. The van der Waals surface area contributed by atoms with Crippen molar-refractivity contribution in [1.29, 1.82) is 0 Å². The van der Waals surface area contributed by atoms with Crippen LogP contribution in [-0.4, -0.2) is 59.3 Å². The molecule has 152 valence electrons. The molecule has 1 saturated heterocycles. The Balaban J connectivity index is 1.59. The number of aromatic nitrogens is 2. The van der Waals surface area contributed by atoms with Gasteiger partial charge in [0, 0.05) is 23.8 Å². The van der Waals surface area contributed by atoms with Crippen molar-refractivity contribution >= 4 is 61.3 Å². The van der Waals surface area contributed by atoms with Crippen LogP contribution in [0.1, 0.15) is 18.9 Å². The molecule has 28 heavy (non-hydrogen) atoms. The molecule has 0 spiro atoms. The molecule has 1 aromatic carbocycles. The predicted octanol–water partition coefficient (Wildman–Crippen LogP) is 3.37. The van der Waals surface area contributed by atoms with E-state index in [0.717, 1.165) is 11.3 Å². The average molecular weight is 461 g/mol. The number of hydrogen-bond donors (Lipinski definition) is 1. The Morgan fingerprint density at radius 3 is 2.82 bits per heavy atom. The van der Waals surface area contributed by atoms with Gasteiger partial charge in [-0.15, -0.1) is 10.2 Å². The standard InChI is InChI=1S/C17H21ClN4O3S3/c1-10-4-5-12(8-14(10)18)19-16-20-21-17(27-16)26-11(2)15(23)22(3)13-6-7-28(24,25)9-13/h4-5,8,11,13H,6-7,9H2,1-3H3,(H,19,20). The SMILES string of the molecule is Cc1ccc(Nc2nnc(SC(C)C(=O)N(C)C3CCS(=O)(=O)C3)s2)cc1Cl. The van der Waals surface area contributed by atoms with Crippen molar-refractivity contribution in [3.8, 4) is 0 Å². The van der Waals surface area contributed by atoms with Crippen LogP contribution in [0.4, 0.5) is 10.8 Å². The van der Waals surface area contributed by atoms with Gasteiger partial charge in [-0.05, 0) is 38.0 Å². The molecule has 1 aliphatic heterocycles. The van der Waals surface area contributed by atoms with Crippen LogP contribution in [0, 0.1) is 6.92 Å². The molecule has 1 aromatic heterocycles. The third-order valence-corrected chi connectivity index (χ3v) is 8.73. The lowest BCUT2D eigenvalue weighted by Crippen LogP contribution is -2.41. The molecule has 0 aliphatic carbocycles. The predicted molar refractivity (Wildman–Crippen MR) is 115 cm³/mol. The molecule has 0 radical (unpaired) electrons. The van der Waals surface area contributed by atoms with E-state index in [1.165, 1.54) is 23.1 Å². The van der Waals surface area contributed by atoms with Crippen molar-refractivity contribution in [3.63, 3.8) is 0 Å². The molecular weight excluding hydrogens is 440 g/mol. The number of benzene rings is 1. The lowest BCUT2D eigenvalue weighted by Gasteiger charge is -2.25. The first-order chi connectivity index (χ1) is 13.1. The number of sulfone groups is 1. The van der Waals surface area contributed by atoms with Gasteiger partial charge in [-0.3, -0.25) is 4.79 Å². The number of anilines is 2. The minimum atomic E-state index is -3.03. The highest BCUT2D eigenvalue weighted by Crippen LogP contribution is 2.32. The number of thioether (sulfide) groups is 1. The highest BCUT2D eigenvalue weighted by Gasteiger charge is 2.34. The largest absolute Gasteiger partial charge is 0.341 e. The van der Waals surface area contributed by atoms with Gasteiger partial charge in [0.05, 0.1) is 16.8 Å². The van der Waals surface area contributed by atoms with E-state index >= 15 is 0 Å². The normalized spacial score (nSPS) is 19.4. The van der Waals surface area contributed by atoms with Crippen molar-refractivity contribution in [2.75, 3.05) is 23.9 Å². The van der Waals surface area contributed by atoms with E-state index in [9.17, 15) is 13.2 Å². The van der Waals surface area contributed by atoms with E-state index in [2.05, 4.69) is 15.5 Å². The van der Waals surface area contributed by atoms with Gasteiger partial charge in [-0.25, -0.2) is 8.42 Å². The molecule has 2 aromatic rings. The number of halogens is 1. The summed E-state index contributed by atoms with van der Waals surface area (Å²) in [5.74, 6) is 0.0753. The summed E-state index contributed by atoms with van der Waals surface area (Å²) in [5.41, 5.74) is 1.81. The Bertz CT molecular complexity index is 980. The zero-order valence-corrected chi connectivity index (χ0v) is 18.9. The lowest BCUT2D eigenvalue weighted by atomic mass is 10.2. The van der Waals surface area contributed by atoms with Gasteiger partial charge in [0.25, 0.3) is 0 Å². The molecule has 2 unspecified atom stereocenters. The van der Waals surface area contributed by atoms with Crippen LogP contribution in [0.15, 0.2) is 22.5 Å². The Kier molecular flexibility index (Phi) is 6.53. The van der Waals surface area contributed by atoms with E-state index in [4.69, 9.17) is 11.6 Å². The number of rotatable bonds is 6. The Labute approximate surface area is 177 Å². The van der Waals surface area contributed by atoms with E-state index in [0.29, 0.717) is 20.9 Å². The summed E-state index contributed by atoms with van der Waals surface area (Å²) in [7, 11) is -1.36. The molecule has 2 atom stereocenters. The van der Waals surface area contributed by atoms with Crippen LogP contribution in [0.2, 0.25) is 5.02 Å². The summed E-state index contributed by atoms with van der Waals surface area (Å²) >= 11 is 8.79. The lowest BCUT2D eigenvalue weighted by molar-refractivity contribution is -0.130. The van der Waals surface area contributed by atoms with Crippen LogP contribution in [0.5, 0.6) is 0 Å². The first-order valence-electron chi connectivity index (χ1n) is 8.65. The molecule has 0 bridgehead atoms. The van der Waals surface area contributed by atoms with Gasteiger partial charge >= 0.3 is 0 Å². The highest BCUT2D eigenvalue weighted by atomic mass is 35.5. The fraction of sp³-hybridized carbons (Fsp3) is 0.471.